The fourth-order valence-corrected chi connectivity index (χ4v) is 3.82. The molecule has 0 radical (unpaired) electrons. The first-order chi connectivity index (χ1) is 11.5. The summed E-state index contributed by atoms with van der Waals surface area (Å²) in [6.07, 6.45) is 8.44. The molecule has 3 nitrogen and oxygen atoms in total. The van der Waals surface area contributed by atoms with Gasteiger partial charge in [-0.15, -0.1) is 0 Å². The summed E-state index contributed by atoms with van der Waals surface area (Å²) in [5, 5.41) is 3.42. The van der Waals surface area contributed by atoms with Crippen molar-refractivity contribution in [3.8, 4) is 11.1 Å². The summed E-state index contributed by atoms with van der Waals surface area (Å²) in [6, 6.07) is 4.46. The Morgan fingerprint density at radius 3 is 2.04 bits per heavy atom. The van der Waals surface area contributed by atoms with Gasteiger partial charge in [-0.25, -0.2) is 0 Å². The predicted molar refractivity (Wildman–Crippen MR) is 101 cm³/mol. The Hall–Kier alpha value is -1.90. The zero-order chi connectivity index (χ0) is 17.3. The van der Waals surface area contributed by atoms with Crippen molar-refractivity contribution in [2.45, 2.75) is 71.8 Å². The predicted octanol–water partition coefficient (Wildman–Crippen LogP) is 4.40. The van der Waals surface area contributed by atoms with E-state index in [1.54, 1.807) is 0 Å². The Kier molecular flexibility index (Phi) is 4.88. The highest BCUT2D eigenvalue weighted by Gasteiger charge is 2.25. The number of rotatable bonds is 3. The smallest absolute Gasteiger partial charge is 0.250 e. The highest BCUT2D eigenvalue weighted by atomic mass is 16.2. The first-order valence-electron chi connectivity index (χ1n) is 9.17. The van der Waals surface area contributed by atoms with E-state index in [2.05, 4.69) is 18.3 Å². The monoisotopic (exact) mass is 325 g/mol. The van der Waals surface area contributed by atoms with E-state index < -0.39 is 0 Å². The van der Waals surface area contributed by atoms with Gasteiger partial charge in [-0.2, -0.15) is 0 Å². The van der Waals surface area contributed by atoms with Gasteiger partial charge in [0.2, 0.25) is 10.9 Å². The van der Waals surface area contributed by atoms with Crippen molar-refractivity contribution in [2.75, 3.05) is 5.32 Å². The van der Waals surface area contributed by atoms with Crippen LogP contribution in [0.5, 0.6) is 0 Å². The van der Waals surface area contributed by atoms with Crippen LogP contribution >= 0.6 is 0 Å². The Morgan fingerprint density at radius 2 is 1.38 bits per heavy atom. The third-order valence-corrected chi connectivity index (χ3v) is 5.47. The maximum Gasteiger partial charge on any atom is 0.250 e. The summed E-state index contributed by atoms with van der Waals surface area (Å²) in [7, 11) is 0. The van der Waals surface area contributed by atoms with Crippen molar-refractivity contribution in [1.82, 2.24) is 0 Å². The van der Waals surface area contributed by atoms with Gasteiger partial charge in [-0.3, -0.25) is 9.59 Å². The number of hydrogen-bond donors (Lipinski definition) is 1. The average Bonchev–Trinajstić information content (AvgIpc) is 2.52. The maximum atomic E-state index is 12.2. The molecule has 2 aromatic carbocycles. The molecule has 0 aromatic heterocycles. The van der Waals surface area contributed by atoms with E-state index in [1.807, 2.05) is 19.9 Å². The maximum absolute atomic E-state index is 12.2. The lowest BCUT2D eigenvalue weighted by molar-refractivity contribution is 0.471. The fourth-order valence-electron chi connectivity index (χ4n) is 3.82. The largest absolute Gasteiger partial charge is 0.378 e. The molecule has 0 saturated heterocycles. The van der Waals surface area contributed by atoms with Crippen LogP contribution in [-0.4, -0.2) is 6.04 Å². The third-order valence-electron chi connectivity index (χ3n) is 5.47. The molecule has 0 atom stereocenters. The van der Waals surface area contributed by atoms with Crippen LogP contribution in [0, 0.1) is 20.8 Å². The van der Waals surface area contributed by atoms with Gasteiger partial charge in [0, 0.05) is 6.04 Å². The molecular weight excluding hydrogens is 298 g/mol. The second-order valence-corrected chi connectivity index (χ2v) is 7.35. The van der Waals surface area contributed by atoms with Crippen LogP contribution in [0.1, 0.15) is 61.6 Å². The molecule has 0 unspecified atom stereocenters. The summed E-state index contributed by atoms with van der Waals surface area (Å²) in [5.74, 6) is 0. The van der Waals surface area contributed by atoms with Gasteiger partial charge >= 0.3 is 0 Å². The van der Waals surface area contributed by atoms with Crippen LogP contribution in [0.15, 0.2) is 21.7 Å². The topological polar surface area (TPSA) is 46.2 Å². The Bertz CT molecular complexity index is 804. The van der Waals surface area contributed by atoms with Crippen molar-refractivity contribution < 1.29 is 0 Å². The summed E-state index contributed by atoms with van der Waals surface area (Å²) in [4.78, 5) is 24.4. The molecule has 2 aromatic rings. The highest BCUT2D eigenvalue weighted by Crippen LogP contribution is 2.30. The number of benzene rings is 1. The van der Waals surface area contributed by atoms with E-state index in [4.69, 9.17) is 0 Å². The molecule has 1 aliphatic carbocycles. The Labute approximate surface area is 143 Å². The minimum Gasteiger partial charge on any atom is -0.378 e. The lowest BCUT2D eigenvalue weighted by Crippen LogP contribution is -2.39. The normalized spacial score (nSPS) is 16.8. The van der Waals surface area contributed by atoms with Gasteiger partial charge in [0.25, 0.3) is 0 Å². The fraction of sp³-hybridized carbons (Fsp3) is 0.524. The van der Waals surface area contributed by atoms with Crippen LogP contribution in [-0.2, 0) is 0 Å². The zero-order valence-corrected chi connectivity index (χ0v) is 15.0. The molecule has 0 bridgehead atoms. The molecule has 0 aliphatic heterocycles. The van der Waals surface area contributed by atoms with E-state index in [1.165, 1.54) is 37.7 Å². The zero-order valence-electron chi connectivity index (χ0n) is 15.0. The number of hydrogen-bond acceptors (Lipinski definition) is 3. The minimum absolute atomic E-state index is 0.319. The van der Waals surface area contributed by atoms with Gasteiger partial charge in [0.15, 0.2) is 0 Å². The Morgan fingerprint density at radius 1 is 0.792 bits per heavy atom. The van der Waals surface area contributed by atoms with Gasteiger partial charge < -0.3 is 5.32 Å². The molecule has 1 aliphatic rings. The molecule has 0 spiro atoms. The second-order valence-electron chi connectivity index (χ2n) is 7.35. The molecule has 1 N–H and O–H groups in total. The first kappa shape index (κ1) is 16.9. The van der Waals surface area contributed by atoms with Crippen LogP contribution in [0.2, 0.25) is 0 Å². The van der Waals surface area contributed by atoms with Crippen molar-refractivity contribution in [3.05, 3.63) is 49.3 Å². The molecule has 3 rings (SSSR count). The third kappa shape index (κ3) is 3.17. The molecule has 1 saturated carbocycles. The van der Waals surface area contributed by atoms with Crippen molar-refractivity contribution in [2.24, 2.45) is 0 Å². The van der Waals surface area contributed by atoms with Crippen LogP contribution in [0.4, 0.5) is 5.69 Å². The summed E-state index contributed by atoms with van der Waals surface area (Å²) >= 11 is 0. The van der Waals surface area contributed by atoms with Crippen molar-refractivity contribution >= 4 is 5.69 Å². The van der Waals surface area contributed by atoms with E-state index in [9.17, 15) is 9.59 Å². The molecule has 3 heteroatoms. The summed E-state index contributed by atoms with van der Waals surface area (Å²) in [5.41, 5.74) is 4.81. The van der Waals surface area contributed by atoms with Gasteiger partial charge in [-0.05, 0) is 55.9 Å². The standard InChI is InChI=1S/C21H27NO2/c1-13-11-15(3)17(12-14(13)2)18-19(21(24)20(18)23)22-16-9-7-5-4-6-8-10-16/h11-12,16,22H,4-10H2,1-3H3. The lowest BCUT2D eigenvalue weighted by atomic mass is 9.90. The van der Waals surface area contributed by atoms with Crippen LogP contribution < -0.4 is 16.2 Å². The van der Waals surface area contributed by atoms with Crippen molar-refractivity contribution in [1.29, 1.82) is 0 Å². The second kappa shape index (κ2) is 6.92. The van der Waals surface area contributed by atoms with Crippen LogP contribution in [0.3, 0.4) is 0 Å². The molecule has 0 heterocycles. The molecule has 0 amide bonds. The van der Waals surface area contributed by atoms with E-state index in [-0.39, 0.29) is 10.9 Å². The first-order valence-corrected chi connectivity index (χ1v) is 9.17. The van der Waals surface area contributed by atoms with Gasteiger partial charge in [0.1, 0.15) is 0 Å². The average molecular weight is 325 g/mol. The minimum atomic E-state index is -0.343. The van der Waals surface area contributed by atoms with E-state index in [0.717, 1.165) is 29.5 Å². The number of aryl methyl sites for hydroxylation is 3. The summed E-state index contributed by atoms with van der Waals surface area (Å²) in [6.45, 7) is 6.13. The summed E-state index contributed by atoms with van der Waals surface area (Å²) < 4.78 is 0. The van der Waals surface area contributed by atoms with Crippen LogP contribution in [0.25, 0.3) is 11.1 Å². The van der Waals surface area contributed by atoms with E-state index >= 15 is 0 Å². The SMILES string of the molecule is Cc1cc(C)c(-c2c(NC3CCCCCCC3)c(=O)c2=O)cc1C. The highest BCUT2D eigenvalue weighted by molar-refractivity contribution is 5.84. The molecule has 1 fully saturated rings. The van der Waals surface area contributed by atoms with E-state index in [0.29, 0.717) is 17.3 Å². The van der Waals surface area contributed by atoms with Gasteiger partial charge in [0.05, 0.1) is 11.3 Å². The van der Waals surface area contributed by atoms with Gasteiger partial charge in [-0.1, -0.05) is 44.2 Å². The molecular formula is C21H27NO2. The lowest BCUT2D eigenvalue weighted by Gasteiger charge is -2.24. The number of anilines is 1. The number of nitrogens with one attached hydrogen (secondary N) is 1. The van der Waals surface area contributed by atoms with Crippen molar-refractivity contribution in [3.63, 3.8) is 0 Å². The molecule has 128 valence electrons. The quantitative estimate of drug-likeness (QED) is 0.851. The Balaban J connectivity index is 1.91. The molecule has 24 heavy (non-hydrogen) atoms.